The molecule has 0 radical (unpaired) electrons. The van der Waals surface area contributed by atoms with Crippen molar-refractivity contribution in [3.8, 4) is 0 Å². The molecule has 0 spiro atoms. The van der Waals surface area contributed by atoms with E-state index in [2.05, 4.69) is 4.74 Å². The van der Waals surface area contributed by atoms with Gasteiger partial charge in [0.15, 0.2) is 0 Å². The molecule has 0 aromatic heterocycles. The second-order valence-corrected chi connectivity index (χ2v) is 1.31. The van der Waals surface area contributed by atoms with Crippen molar-refractivity contribution in [3.05, 3.63) is 5.02 Å². The first-order chi connectivity index (χ1) is 2.27. The molecule has 0 fully saturated rings. The Kier molecular flexibility index (Phi) is 10.4. The first-order valence-corrected chi connectivity index (χ1v) is 1.75. The summed E-state index contributed by atoms with van der Waals surface area (Å²) >= 11 is 9.84. The predicted molar refractivity (Wildman–Crippen MR) is 22.0 cm³/mol. The van der Waals surface area contributed by atoms with Gasteiger partial charge in [-0.15, -0.1) is 0 Å². The topological polar surface area (TPSA) is 9.23 Å². The van der Waals surface area contributed by atoms with Crippen LogP contribution in [-0.2, 0) is 4.74 Å². The van der Waals surface area contributed by atoms with Crippen molar-refractivity contribution in [1.82, 2.24) is 0 Å². The molecule has 0 unspecified atom stereocenters. The molecule has 0 bridgehead atoms. The van der Waals surface area contributed by atoms with Gasteiger partial charge in [-0.3, -0.25) is 23.2 Å². The predicted octanol–water partition coefficient (Wildman–Crippen LogP) is -1.44. The smallest absolute Gasteiger partial charge is 0.520 e. The van der Waals surface area contributed by atoms with Gasteiger partial charge in [0.25, 0.3) is 0 Å². The van der Waals surface area contributed by atoms with Gasteiger partial charge in [-0.2, -0.15) is 0 Å². The molecular formula is C2H3Cl2LiO. The van der Waals surface area contributed by atoms with Gasteiger partial charge < -0.3 is 4.74 Å². The summed E-state index contributed by atoms with van der Waals surface area (Å²) in [7, 11) is 1.40. The zero-order valence-corrected chi connectivity index (χ0v) is 5.18. The van der Waals surface area contributed by atoms with Crippen molar-refractivity contribution < 1.29 is 23.6 Å². The van der Waals surface area contributed by atoms with Crippen LogP contribution < -0.4 is 18.9 Å². The molecule has 0 aliphatic carbocycles. The van der Waals surface area contributed by atoms with E-state index >= 15 is 0 Å². The number of hydrogen-bond acceptors (Lipinski definition) is 1. The zero-order valence-electron chi connectivity index (χ0n) is 3.66. The Morgan fingerprint density at radius 3 is 1.67 bits per heavy atom. The van der Waals surface area contributed by atoms with E-state index in [1.807, 2.05) is 0 Å². The van der Waals surface area contributed by atoms with E-state index in [9.17, 15) is 0 Å². The summed E-state index contributed by atoms with van der Waals surface area (Å²) in [5.74, 6) is 0. The van der Waals surface area contributed by atoms with Crippen LogP contribution in [0, 0.1) is 5.02 Å². The maximum atomic E-state index is 4.92. The van der Waals surface area contributed by atoms with Crippen LogP contribution in [0.5, 0.6) is 0 Å². The monoisotopic (exact) mass is 120 g/mol. The first-order valence-electron chi connectivity index (χ1n) is 0.990. The molecule has 0 aliphatic heterocycles. The van der Waals surface area contributed by atoms with Crippen LogP contribution in [0.25, 0.3) is 0 Å². The molecule has 4 heteroatoms. The van der Waals surface area contributed by atoms with Crippen molar-refractivity contribution in [3.63, 3.8) is 0 Å². The van der Waals surface area contributed by atoms with Crippen LogP contribution in [0.3, 0.4) is 0 Å². The van der Waals surface area contributed by atoms with E-state index in [1.54, 1.807) is 0 Å². The Balaban J connectivity index is 0. The van der Waals surface area contributed by atoms with Crippen LogP contribution in [0.4, 0.5) is 0 Å². The Morgan fingerprint density at radius 1 is 1.50 bits per heavy atom. The molecule has 0 atom stereocenters. The minimum atomic E-state index is -0.0509. The standard InChI is InChI=1S/C2H3Cl2O.Li/c1-5-2(3)4;/h1H3;/q-1;+1. The molecule has 0 aromatic rings. The Morgan fingerprint density at radius 2 is 1.67 bits per heavy atom. The number of rotatable bonds is 1. The fourth-order valence-electron chi connectivity index (χ4n) is 0. The van der Waals surface area contributed by atoms with Gasteiger partial charge in [0.2, 0.25) is 0 Å². The summed E-state index contributed by atoms with van der Waals surface area (Å²) in [6.45, 7) is 0. The van der Waals surface area contributed by atoms with Gasteiger partial charge in [-0.05, 0) is 5.02 Å². The number of ether oxygens (including phenoxy) is 1. The average molecular weight is 121 g/mol. The fraction of sp³-hybridized carbons (Fsp3) is 0.500. The van der Waals surface area contributed by atoms with Crippen molar-refractivity contribution >= 4 is 23.2 Å². The summed E-state index contributed by atoms with van der Waals surface area (Å²) in [6, 6.07) is 0. The molecule has 6 heavy (non-hydrogen) atoms. The van der Waals surface area contributed by atoms with Gasteiger partial charge in [0.1, 0.15) is 0 Å². The average Bonchev–Trinajstić information content (AvgIpc) is 1.38. The normalized spacial score (nSPS) is 8.00. The molecule has 0 aromatic carbocycles. The summed E-state index contributed by atoms with van der Waals surface area (Å²) < 4.78 is 4.20. The number of halogens is 2. The summed E-state index contributed by atoms with van der Waals surface area (Å²) in [5.41, 5.74) is 0. The third-order valence-electron chi connectivity index (χ3n) is 0.154. The maximum absolute atomic E-state index is 4.92. The van der Waals surface area contributed by atoms with Gasteiger partial charge in [0.05, 0.1) is 0 Å². The Bertz CT molecular complexity index is 25.5. The Labute approximate surface area is 59.1 Å². The third kappa shape index (κ3) is 8.93. The maximum Gasteiger partial charge on any atom is 1.00 e. The quantitative estimate of drug-likeness (QED) is 0.305. The van der Waals surface area contributed by atoms with E-state index in [0.717, 1.165) is 0 Å². The number of hydrogen-bond donors (Lipinski definition) is 0. The molecule has 0 saturated carbocycles. The van der Waals surface area contributed by atoms with Crippen LogP contribution in [-0.4, -0.2) is 7.11 Å². The van der Waals surface area contributed by atoms with Gasteiger partial charge in [-0.1, -0.05) is 0 Å². The van der Waals surface area contributed by atoms with Crippen molar-refractivity contribution in [2.45, 2.75) is 0 Å². The van der Waals surface area contributed by atoms with Gasteiger partial charge in [0, 0.05) is 7.11 Å². The number of methoxy groups -OCH3 is 1. The molecule has 0 heterocycles. The van der Waals surface area contributed by atoms with Crippen LogP contribution in [0.2, 0.25) is 0 Å². The molecule has 0 aliphatic rings. The third-order valence-corrected chi connectivity index (χ3v) is 0.463. The van der Waals surface area contributed by atoms with Crippen molar-refractivity contribution in [2.24, 2.45) is 0 Å². The summed E-state index contributed by atoms with van der Waals surface area (Å²) in [5, 5.41) is -0.0509. The van der Waals surface area contributed by atoms with E-state index < -0.39 is 0 Å². The molecule has 0 N–H and O–H groups in total. The molecule has 0 rings (SSSR count). The van der Waals surface area contributed by atoms with Crippen molar-refractivity contribution in [1.29, 1.82) is 0 Å². The van der Waals surface area contributed by atoms with Gasteiger partial charge in [-0.25, -0.2) is 0 Å². The minimum absolute atomic E-state index is 0. The summed E-state index contributed by atoms with van der Waals surface area (Å²) in [4.78, 5) is 0. The SMILES string of the molecule is CO[C-](Cl)Cl.[Li+]. The second-order valence-electron chi connectivity index (χ2n) is 0.430. The first kappa shape index (κ1) is 10.2. The zero-order chi connectivity index (χ0) is 4.28. The molecule has 0 saturated heterocycles. The van der Waals surface area contributed by atoms with E-state index in [0.29, 0.717) is 0 Å². The minimum Gasteiger partial charge on any atom is -0.520 e. The molecule has 32 valence electrons. The fourth-order valence-corrected chi connectivity index (χ4v) is 0. The molecular weight excluding hydrogens is 118 g/mol. The van der Waals surface area contributed by atoms with Crippen molar-refractivity contribution in [2.75, 3.05) is 7.11 Å². The largest absolute Gasteiger partial charge is 1.00 e. The second kappa shape index (κ2) is 6.14. The van der Waals surface area contributed by atoms with E-state index in [-0.39, 0.29) is 23.9 Å². The molecule has 0 amide bonds. The van der Waals surface area contributed by atoms with E-state index in [1.165, 1.54) is 7.11 Å². The molecule has 1 nitrogen and oxygen atoms in total. The van der Waals surface area contributed by atoms with Crippen LogP contribution in [0.1, 0.15) is 0 Å². The summed E-state index contributed by atoms with van der Waals surface area (Å²) in [6.07, 6.45) is 0. The van der Waals surface area contributed by atoms with Gasteiger partial charge >= 0.3 is 18.9 Å². The van der Waals surface area contributed by atoms with Crippen LogP contribution >= 0.6 is 23.2 Å². The van der Waals surface area contributed by atoms with E-state index in [4.69, 9.17) is 23.2 Å². The van der Waals surface area contributed by atoms with Crippen LogP contribution in [0.15, 0.2) is 0 Å². The Hall–Kier alpha value is 1.14.